The minimum atomic E-state index is -0.0279. The number of aryl methyl sites for hydroxylation is 1. The summed E-state index contributed by atoms with van der Waals surface area (Å²) in [6.07, 6.45) is 1.74. The number of rotatable bonds is 3. The molecule has 0 saturated carbocycles. The van der Waals surface area contributed by atoms with Crippen molar-refractivity contribution in [3.8, 4) is 5.75 Å². The first-order valence-corrected chi connectivity index (χ1v) is 8.12. The maximum absolute atomic E-state index is 6.42. The zero-order chi connectivity index (χ0) is 13.3. The largest absolute Gasteiger partial charge is 0.493 e. The lowest BCUT2D eigenvalue weighted by Gasteiger charge is -2.34. The van der Waals surface area contributed by atoms with Crippen LogP contribution in [0.4, 0.5) is 0 Å². The minimum Gasteiger partial charge on any atom is -0.493 e. The van der Waals surface area contributed by atoms with Crippen LogP contribution in [0, 0.1) is 0 Å². The third-order valence-electron chi connectivity index (χ3n) is 3.46. The van der Waals surface area contributed by atoms with Gasteiger partial charge in [-0.1, -0.05) is 13.8 Å². The minimum absolute atomic E-state index is 0.0279. The van der Waals surface area contributed by atoms with E-state index in [2.05, 4.69) is 18.9 Å². The molecule has 18 heavy (non-hydrogen) atoms. The van der Waals surface area contributed by atoms with Crippen LogP contribution in [-0.4, -0.2) is 38.4 Å². The highest BCUT2D eigenvalue weighted by Crippen LogP contribution is 2.41. The van der Waals surface area contributed by atoms with Crippen LogP contribution in [0.5, 0.6) is 5.75 Å². The second kappa shape index (κ2) is 5.75. The molecule has 102 valence electrons. The Labute approximate surface area is 117 Å². The molecule has 6 heteroatoms. The first kappa shape index (κ1) is 14.1. The van der Waals surface area contributed by atoms with Crippen LogP contribution in [0.25, 0.3) is 0 Å². The van der Waals surface area contributed by atoms with Crippen molar-refractivity contribution in [3.05, 3.63) is 11.9 Å². The van der Waals surface area contributed by atoms with Crippen molar-refractivity contribution in [3.63, 3.8) is 0 Å². The molecule has 2 N–H and O–H groups in total. The Bertz CT molecular complexity index is 410. The lowest BCUT2D eigenvalue weighted by molar-refractivity contribution is 0.403. The Hall–Kier alpha value is -0.330. The SMILES string of the molecule is COc1cnn(C)c1C(N)C1CSC(C)C(C)S1. The Balaban J connectivity index is 2.16. The summed E-state index contributed by atoms with van der Waals surface area (Å²) in [5, 5.41) is 5.99. The fourth-order valence-electron chi connectivity index (χ4n) is 2.14. The molecule has 0 amide bonds. The molecule has 1 fully saturated rings. The third-order valence-corrected chi connectivity index (χ3v) is 6.98. The van der Waals surface area contributed by atoms with Crippen molar-refractivity contribution in [1.29, 1.82) is 0 Å². The highest BCUT2D eigenvalue weighted by Gasteiger charge is 2.32. The topological polar surface area (TPSA) is 53.1 Å². The van der Waals surface area contributed by atoms with Crippen LogP contribution >= 0.6 is 23.5 Å². The van der Waals surface area contributed by atoms with E-state index in [0.717, 1.165) is 17.2 Å². The second-order valence-electron chi connectivity index (χ2n) is 4.67. The highest BCUT2D eigenvalue weighted by molar-refractivity contribution is 8.07. The van der Waals surface area contributed by atoms with Gasteiger partial charge in [0.2, 0.25) is 0 Å². The molecule has 4 nitrogen and oxygen atoms in total. The second-order valence-corrected chi connectivity index (χ2v) is 7.70. The van der Waals surface area contributed by atoms with Crippen LogP contribution in [0.2, 0.25) is 0 Å². The van der Waals surface area contributed by atoms with E-state index in [1.807, 2.05) is 35.3 Å². The summed E-state index contributed by atoms with van der Waals surface area (Å²) in [4.78, 5) is 0. The summed E-state index contributed by atoms with van der Waals surface area (Å²) in [5.74, 6) is 1.88. The lowest BCUT2D eigenvalue weighted by Crippen LogP contribution is -2.35. The van der Waals surface area contributed by atoms with E-state index in [-0.39, 0.29) is 6.04 Å². The van der Waals surface area contributed by atoms with Crippen LogP contribution in [0.3, 0.4) is 0 Å². The van der Waals surface area contributed by atoms with E-state index in [1.165, 1.54) is 0 Å². The fraction of sp³-hybridized carbons (Fsp3) is 0.750. The molecule has 0 radical (unpaired) electrons. The smallest absolute Gasteiger partial charge is 0.161 e. The molecule has 1 aliphatic rings. The number of nitrogens with zero attached hydrogens (tertiary/aromatic N) is 2. The predicted molar refractivity (Wildman–Crippen MR) is 79.4 cm³/mol. The number of ether oxygens (including phenoxy) is 1. The molecule has 2 heterocycles. The Kier molecular flexibility index (Phi) is 4.50. The summed E-state index contributed by atoms with van der Waals surface area (Å²) in [5.41, 5.74) is 7.42. The Morgan fingerprint density at radius 3 is 2.83 bits per heavy atom. The molecule has 1 aliphatic heterocycles. The van der Waals surface area contributed by atoms with Crippen molar-refractivity contribution in [2.24, 2.45) is 12.8 Å². The van der Waals surface area contributed by atoms with Gasteiger partial charge < -0.3 is 10.5 Å². The summed E-state index contributed by atoms with van der Waals surface area (Å²) >= 11 is 3.99. The van der Waals surface area contributed by atoms with Crippen molar-refractivity contribution in [2.75, 3.05) is 12.9 Å². The van der Waals surface area contributed by atoms with Gasteiger partial charge in [0.15, 0.2) is 5.75 Å². The number of thioether (sulfide) groups is 2. The van der Waals surface area contributed by atoms with Gasteiger partial charge in [-0.2, -0.15) is 28.6 Å². The van der Waals surface area contributed by atoms with Gasteiger partial charge in [-0.15, -0.1) is 0 Å². The molecule has 0 spiro atoms. The number of aromatic nitrogens is 2. The summed E-state index contributed by atoms with van der Waals surface area (Å²) in [6.45, 7) is 4.57. The van der Waals surface area contributed by atoms with E-state index in [0.29, 0.717) is 15.7 Å². The average Bonchev–Trinajstić information content (AvgIpc) is 2.73. The fourth-order valence-corrected chi connectivity index (χ4v) is 5.16. The molecule has 4 unspecified atom stereocenters. The van der Waals surface area contributed by atoms with E-state index in [1.54, 1.807) is 13.3 Å². The summed E-state index contributed by atoms with van der Waals surface area (Å²) in [7, 11) is 3.59. The number of hydrogen-bond donors (Lipinski definition) is 1. The average molecular weight is 287 g/mol. The zero-order valence-corrected chi connectivity index (χ0v) is 12.9. The van der Waals surface area contributed by atoms with Gasteiger partial charge in [-0.05, 0) is 0 Å². The molecule has 0 aromatic carbocycles. The summed E-state index contributed by atoms with van der Waals surface area (Å²) in [6, 6.07) is -0.0279. The normalized spacial score (nSPS) is 30.2. The monoisotopic (exact) mass is 287 g/mol. The standard InChI is InChI=1S/C12H21N3OS2/c1-7-8(2)18-10(6-17-7)11(13)12-9(16-4)5-14-15(12)3/h5,7-8,10-11H,6,13H2,1-4H3. The molecular weight excluding hydrogens is 266 g/mol. The molecule has 0 bridgehead atoms. The summed E-state index contributed by atoms with van der Waals surface area (Å²) < 4.78 is 7.18. The lowest BCUT2D eigenvalue weighted by atomic mass is 10.1. The van der Waals surface area contributed by atoms with Crippen LogP contribution < -0.4 is 10.5 Å². The molecule has 1 aromatic heterocycles. The maximum atomic E-state index is 6.42. The first-order chi connectivity index (χ1) is 8.54. The first-order valence-electron chi connectivity index (χ1n) is 6.13. The van der Waals surface area contributed by atoms with E-state index in [9.17, 15) is 0 Å². The number of hydrogen-bond acceptors (Lipinski definition) is 5. The van der Waals surface area contributed by atoms with E-state index >= 15 is 0 Å². The molecule has 0 aliphatic carbocycles. The van der Waals surface area contributed by atoms with E-state index in [4.69, 9.17) is 10.5 Å². The van der Waals surface area contributed by atoms with Crippen LogP contribution in [0.1, 0.15) is 25.6 Å². The molecular formula is C12H21N3OS2. The molecule has 1 saturated heterocycles. The van der Waals surface area contributed by atoms with Gasteiger partial charge in [0.1, 0.15) is 0 Å². The number of methoxy groups -OCH3 is 1. The molecule has 1 aromatic rings. The van der Waals surface area contributed by atoms with Gasteiger partial charge in [-0.3, -0.25) is 4.68 Å². The number of nitrogens with two attached hydrogens (primary N) is 1. The van der Waals surface area contributed by atoms with Crippen molar-refractivity contribution in [2.45, 2.75) is 35.6 Å². The Morgan fingerprint density at radius 1 is 1.50 bits per heavy atom. The van der Waals surface area contributed by atoms with E-state index < -0.39 is 0 Å². The molecule has 4 atom stereocenters. The third kappa shape index (κ3) is 2.65. The van der Waals surface area contributed by atoms with Crippen molar-refractivity contribution in [1.82, 2.24) is 9.78 Å². The molecule has 2 rings (SSSR count). The van der Waals surface area contributed by atoms with Crippen molar-refractivity contribution < 1.29 is 4.74 Å². The quantitative estimate of drug-likeness (QED) is 0.922. The van der Waals surface area contributed by atoms with Gasteiger partial charge in [0.25, 0.3) is 0 Å². The highest BCUT2D eigenvalue weighted by atomic mass is 32.2. The zero-order valence-electron chi connectivity index (χ0n) is 11.3. The maximum Gasteiger partial charge on any atom is 0.161 e. The van der Waals surface area contributed by atoms with Gasteiger partial charge in [0, 0.05) is 28.6 Å². The van der Waals surface area contributed by atoms with Crippen LogP contribution in [0.15, 0.2) is 6.20 Å². The van der Waals surface area contributed by atoms with Gasteiger partial charge in [-0.25, -0.2) is 0 Å². The Morgan fingerprint density at radius 2 is 2.22 bits per heavy atom. The van der Waals surface area contributed by atoms with Crippen molar-refractivity contribution >= 4 is 23.5 Å². The van der Waals surface area contributed by atoms with Gasteiger partial charge >= 0.3 is 0 Å². The van der Waals surface area contributed by atoms with Crippen LogP contribution in [-0.2, 0) is 7.05 Å². The van der Waals surface area contributed by atoms with Gasteiger partial charge in [0.05, 0.1) is 25.0 Å². The predicted octanol–water partition coefficient (Wildman–Crippen LogP) is 2.05.